The minimum Gasteiger partial charge on any atom is -0.361 e. The number of carbonyl (C=O) groups is 1. The molecule has 2 aromatic heterocycles. The maximum Gasteiger partial charge on any atom is 0.242 e. The first-order valence-electron chi connectivity index (χ1n) is 13.7. The average Bonchev–Trinajstić information content (AvgIpc) is 3.57. The van der Waals surface area contributed by atoms with Crippen molar-refractivity contribution in [3.8, 4) is 5.69 Å². The third kappa shape index (κ3) is 6.63. The van der Waals surface area contributed by atoms with E-state index in [0.717, 1.165) is 35.2 Å². The molecule has 1 aliphatic carbocycles. The molecule has 2 aromatic carbocycles. The molecule has 1 amide bonds. The number of aryl methyl sites for hydroxylation is 2. The highest BCUT2D eigenvalue weighted by molar-refractivity contribution is 5.94. The minimum absolute atomic E-state index is 0.0761. The summed E-state index contributed by atoms with van der Waals surface area (Å²) in [6.07, 6.45) is 6.60. The summed E-state index contributed by atoms with van der Waals surface area (Å²) in [4.78, 5) is 17.7. The Labute approximate surface area is 232 Å². The molecule has 4 aromatic rings. The average molecular weight is 549 g/mol. The molecule has 0 bridgehead atoms. The maximum atomic E-state index is 14.4. The molecule has 8 nitrogen and oxygen atoms in total. The van der Waals surface area contributed by atoms with Crippen LogP contribution < -0.4 is 16.0 Å². The number of imidazole rings is 1. The fourth-order valence-electron chi connectivity index (χ4n) is 5.26. The number of fused-ring (bicyclic) bond motifs is 1. The number of nitrogens with one attached hydrogen (secondary N) is 3. The number of benzene rings is 2. The van der Waals surface area contributed by atoms with Gasteiger partial charge in [0.15, 0.2) is 5.82 Å². The minimum atomic E-state index is -0.550. The Kier molecular flexibility index (Phi) is 8.66. The first-order valence-corrected chi connectivity index (χ1v) is 13.7. The molecule has 0 saturated heterocycles. The van der Waals surface area contributed by atoms with Gasteiger partial charge in [-0.2, -0.15) is 0 Å². The lowest BCUT2D eigenvalue weighted by atomic mass is 9.87. The zero-order valence-electron chi connectivity index (χ0n) is 22.7. The van der Waals surface area contributed by atoms with Crippen LogP contribution in [0, 0.1) is 18.6 Å². The first-order chi connectivity index (χ1) is 19.4. The van der Waals surface area contributed by atoms with E-state index in [-0.39, 0.29) is 11.9 Å². The SMILES string of the molecule is CCC[C@@H](N[C@H]1CCc2cc(F)cc(F)c2C1)C(=O)Nc1cn(-c2ccccc2CNCc2cc(C)on2)cn1. The summed E-state index contributed by atoms with van der Waals surface area (Å²) in [7, 11) is 0. The van der Waals surface area contributed by atoms with Crippen LogP contribution in [0.25, 0.3) is 5.69 Å². The Bertz CT molecular complexity index is 1470. The van der Waals surface area contributed by atoms with Gasteiger partial charge in [0, 0.05) is 31.3 Å². The number of rotatable bonds is 11. The number of para-hydroxylation sites is 1. The Balaban J connectivity index is 1.21. The highest BCUT2D eigenvalue weighted by atomic mass is 19.1. The Morgan fingerprint density at radius 3 is 2.85 bits per heavy atom. The van der Waals surface area contributed by atoms with Gasteiger partial charge in [0.05, 0.1) is 23.6 Å². The molecule has 3 N–H and O–H groups in total. The maximum absolute atomic E-state index is 14.4. The molecule has 210 valence electrons. The van der Waals surface area contributed by atoms with E-state index in [4.69, 9.17) is 4.52 Å². The van der Waals surface area contributed by atoms with Crippen molar-refractivity contribution in [2.75, 3.05) is 5.32 Å². The van der Waals surface area contributed by atoms with Crippen molar-refractivity contribution in [3.05, 3.63) is 94.8 Å². The summed E-state index contributed by atoms with van der Waals surface area (Å²) in [6.45, 7) is 5.08. The number of anilines is 1. The van der Waals surface area contributed by atoms with Crippen LogP contribution >= 0.6 is 0 Å². The van der Waals surface area contributed by atoms with Gasteiger partial charge in [-0.1, -0.05) is 36.7 Å². The van der Waals surface area contributed by atoms with Crippen LogP contribution in [-0.2, 0) is 30.7 Å². The fourth-order valence-corrected chi connectivity index (χ4v) is 5.26. The predicted molar refractivity (Wildman–Crippen MR) is 148 cm³/mol. The number of carbonyl (C=O) groups excluding carboxylic acids is 1. The van der Waals surface area contributed by atoms with E-state index >= 15 is 0 Å². The molecular weight excluding hydrogens is 514 g/mol. The molecule has 40 heavy (non-hydrogen) atoms. The zero-order valence-corrected chi connectivity index (χ0v) is 22.7. The molecule has 0 fully saturated rings. The normalized spacial score (nSPS) is 15.6. The van der Waals surface area contributed by atoms with E-state index < -0.39 is 17.7 Å². The summed E-state index contributed by atoms with van der Waals surface area (Å²) in [5, 5.41) is 13.8. The van der Waals surface area contributed by atoms with Crippen LogP contribution in [-0.4, -0.2) is 32.7 Å². The second-order valence-electron chi connectivity index (χ2n) is 10.3. The largest absolute Gasteiger partial charge is 0.361 e. The number of aromatic nitrogens is 3. The summed E-state index contributed by atoms with van der Waals surface area (Å²) < 4.78 is 35.0. The van der Waals surface area contributed by atoms with Crippen LogP contribution in [0.15, 0.2) is 59.5 Å². The Morgan fingerprint density at radius 1 is 1.20 bits per heavy atom. The van der Waals surface area contributed by atoms with Crippen LogP contribution in [0.2, 0.25) is 0 Å². The molecule has 2 heterocycles. The van der Waals surface area contributed by atoms with E-state index in [1.165, 1.54) is 6.07 Å². The van der Waals surface area contributed by atoms with Crippen LogP contribution in [0.5, 0.6) is 0 Å². The van der Waals surface area contributed by atoms with Crippen LogP contribution in [0.3, 0.4) is 0 Å². The molecule has 10 heteroatoms. The van der Waals surface area contributed by atoms with Crippen molar-refractivity contribution < 1.29 is 18.1 Å². The van der Waals surface area contributed by atoms with E-state index in [0.29, 0.717) is 55.7 Å². The number of hydrogen-bond donors (Lipinski definition) is 3. The van der Waals surface area contributed by atoms with Gasteiger partial charge in [-0.25, -0.2) is 13.8 Å². The van der Waals surface area contributed by atoms with Gasteiger partial charge in [-0.05, 0) is 61.4 Å². The van der Waals surface area contributed by atoms with Crippen molar-refractivity contribution in [1.29, 1.82) is 0 Å². The van der Waals surface area contributed by atoms with Gasteiger partial charge in [0.1, 0.15) is 23.7 Å². The zero-order chi connectivity index (χ0) is 28.1. The molecule has 0 radical (unpaired) electrons. The first kappa shape index (κ1) is 27.7. The molecule has 2 atom stereocenters. The number of amides is 1. The number of nitrogens with zero attached hydrogens (tertiary/aromatic N) is 3. The van der Waals surface area contributed by atoms with Gasteiger partial charge in [-0.3, -0.25) is 4.79 Å². The lowest BCUT2D eigenvalue weighted by molar-refractivity contribution is -0.118. The molecule has 0 unspecified atom stereocenters. The van der Waals surface area contributed by atoms with E-state index in [1.54, 1.807) is 12.5 Å². The molecule has 0 spiro atoms. The second-order valence-corrected chi connectivity index (χ2v) is 10.3. The summed E-state index contributed by atoms with van der Waals surface area (Å²) in [5.41, 5.74) is 4.09. The fraction of sp³-hybridized carbons (Fsp3) is 0.367. The lowest BCUT2D eigenvalue weighted by Gasteiger charge is -2.29. The highest BCUT2D eigenvalue weighted by Gasteiger charge is 2.27. The smallest absolute Gasteiger partial charge is 0.242 e. The van der Waals surface area contributed by atoms with Gasteiger partial charge in [0.2, 0.25) is 5.91 Å². The van der Waals surface area contributed by atoms with Crippen molar-refractivity contribution in [2.45, 2.75) is 71.1 Å². The van der Waals surface area contributed by atoms with Crippen LogP contribution in [0.1, 0.15) is 54.3 Å². The van der Waals surface area contributed by atoms with Gasteiger partial charge >= 0.3 is 0 Å². The van der Waals surface area contributed by atoms with Crippen molar-refractivity contribution in [1.82, 2.24) is 25.3 Å². The van der Waals surface area contributed by atoms with Gasteiger partial charge in [-0.15, -0.1) is 0 Å². The summed E-state index contributed by atoms with van der Waals surface area (Å²) >= 11 is 0. The van der Waals surface area contributed by atoms with Crippen molar-refractivity contribution in [2.24, 2.45) is 0 Å². The lowest BCUT2D eigenvalue weighted by Crippen LogP contribution is -2.48. The van der Waals surface area contributed by atoms with E-state index in [9.17, 15) is 13.6 Å². The third-order valence-corrected chi connectivity index (χ3v) is 7.20. The van der Waals surface area contributed by atoms with Crippen molar-refractivity contribution >= 4 is 11.7 Å². The van der Waals surface area contributed by atoms with E-state index in [1.807, 2.05) is 48.7 Å². The Hall–Kier alpha value is -3.89. The summed E-state index contributed by atoms with van der Waals surface area (Å²) in [6, 6.07) is 11.7. The quantitative estimate of drug-likeness (QED) is 0.244. The number of hydrogen-bond acceptors (Lipinski definition) is 6. The highest BCUT2D eigenvalue weighted by Crippen LogP contribution is 2.26. The Morgan fingerprint density at radius 2 is 2.05 bits per heavy atom. The van der Waals surface area contributed by atoms with E-state index in [2.05, 4.69) is 26.1 Å². The third-order valence-electron chi connectivity index (χ3n) is 7.20. The molecule has 0 saturated carbocycles. The topological polar surface area (TPSA) is 97.0 Å². The van der Waals surface area contributed by atoms with Gasteiger partial charge in [0.25, 0.3) is 0 Å². The van der Waals surface area contributed by atoms with Crippen LogP contribution in [0.4, 0.5) is 14.6 Å². The standard InChI is InChI=1S/C30H34F2N6O2/c1-3-6-27(35-23-10-9-20-12-22(31)13-26(32)25(20)14-23)30(39)36-29-17-38(18-34-29)28-8-5-4-7-21(28)15-33-16-24-11-19(2)40-37-24/h4-5,7-8,11-13,17-18,23,27,33,35H,3,6,9-10,14-16H2,1-2H3,(H,36,39)/t23-,27+/m0/s1. The van der Waals surface area contributed by atoms with Gasteiger partial charge < -0.3 is 25.0 Å². The second kappa shape index (κ2) is 12.5. The molecule has 1 aliphatic rings. The predicted octanol–water partition coefficient (Wildman–Crippen LogP) is 4.99. The van der Waals surface area contributed by atoms with Crippen molar-refractivity contribution in [3.63, 3.8) is 0 Å². The molecule has 0 aliphatic heterocycles. The summed E-state index contributed by atoms with van der Waals surface area (Å²) in [5.74, 6) is -0.0334. The molecular formula is C30H34F2N6O2. The number of halogens is 2. The monoisotopic (exact) mass is 548 g/mol. The molecule has 5 rings (SSSR count).